The molecule has 9 heteroatoms. The van der Waals surface area contributed by atoms with Crippen LogP contribution >= 0.6 is 0 Å². The third-order valence-corrected chi connectivity index (χ3v) is 3.96. The lowest BCUT2D eigenvalue weighted by Gasteiger charge is -2.36. The van der Waals surface area contributed by atoms with Crippen molar-refractivity contribution in [1.82, 2.24) is 9.80 Å². The number of aliphatic carboxylic acids is 1. The molecule has 0 bridgehead atoms. The highest BCUT2D eigenvalue weighted by Crippen LogP contribution is 2.34. The number of likely N-dealkylation sites (tertiary alicyclic amines) is 2. The monoisotopic (exact) mass is 310 g/mol. The Morgan fingerprint density at radius 3 is 2.43 bits per heavy atom. The van der Waals surface area contributed by atoms with E-state index in [9.17, 15) is 27.9 Å². The number of halogens is 3. The molecule has 21 heavy (non-hydrogen) atoms. The minimum Gasteiger partial charge on any atom is -0.480 e. The first-order valence-corrected chi connectivity index (χ1v) is 6.73. The minimum absolute atomic E-state index is 0.0295. The quantitative estimate of drug-likeness (QED) is 0.754. The van der Waals surface area contributed by atoms with Crippen molar-refractivity contribution in [2.24, 2.45) is 5.92 Å². The number of amides is 2. The number of β-amino-alcohol motifs (C(OH)–C–C–N with tert-alkyl or cyclic N) is 1. The summed E-state index contributed by atoms with van der Waals surface area (Å²) in [4.78, 5) is 25.3. The van der Waals surface area contributed by atoms with Crippen LogP contribution in [0.1, 0.15) is 19.3 Å². The van der Waals surface area contributed by atoms with Crippen molar-refractivity contribution in [2.75, 3.05) is 19.6 Å². The zero-order valence-electron chi connectivity index (χ0n) is 11.2. The number of aliphatic hydroxyl groups excluding tert-OH is 1. The van der Waals surface area contributed by atoms with Gasteiger partial charge in [-0.25, -0.2) is 9.59 Å². The molecule has 2 rings (SSSR count). The van der Waals surface area contributed by atoms with Crippen molar-refractivity contribution >= 4 is 12.0 Å². The highest BCUT2D eigenvalue weighted by Gasteiger charge is 2.45. The van der Waals surface area contributed by atoms with Crippen molar-refractivity contribution in [2.45, 2.75) is 37.6 Å². The summed E-state index contributed by atoms with van der Waals surface area (Å²) < 4.78 is 38.2. The topological polar surface area (TPSA) is 81.1 Å². The van der Waals surface area contributed by atoms with E-state index in [1.807, 2.05) is 0 Å². The smallest absolute Gasteiger partial charge is 0.393 e. The molecule has 0 aromatic heterocycles. The summed E-state index contributed by atoms with van der Waals surface area (Å²) in [5, 5.41) is 18.5. The molecule has 2 fully saturated rings. The Morgan fingerprint density at radius 1 is 1.19 bits per heavy atom. The van der Waals surface area contributed by atoms with Gasteiger partial charge in [-0.1, -0.05) is 0 Å². The number of carboxylic acids is 1. The summed E-state index contributed by atoms with van der Waals surface area (Å²) in [6.45, 7) is -0.450. The van der Waals surface area contributed by atoms with Gasteiger partial charge in [0.1, 0.15) is 6.04 Å². The van der Waals surface area contributed by atoms with Gasteiger partial charge in [0, 0.05) is 26.1 Å². The molecule has 0 radical (unpaired) electrons. The number of urea groups is 1. The maximum Gasteiger partial charge on any atom is 0.393 e. The minimum atomic E-state index is -4.37. The summed E-state index contributed by atoms with van der Waals surface area (Å²) in [6, 6.07) is -1.92. The summed E-state index contributed by atoms with van der Waals surface area (Å²) in [6.07, 6.45) is -5.23. The van der Waals surface area contributed by atoms with E-state index in [2.05, 4.69) is 0 Å². The van der Waals surface area contributed by atoms with Gasteiger partial charge in [-0.05, 0) is 12.8 Å². The van der Waals surface area contributed by atoms with Gasteiger partial charge in [0.2, 0.25) is 0 Å². The number of piperidine rings is 1. The molecule has 2 saturated heterocycles. The molecule has 0 aromatic rings. The molecule has 0 spiro atoms. The Kier molecular flexibility index (Phi) is 4.31. The molecule has 2 aliphatic heterocycles. The summed E-state index contributed by atoms with van der Waals surface area (Å²) in [7, 11) is 0. The van der Waals surface area contributed by atoms with Gasteiger partial charge in [0.05, 0.1) is 12.0 Å². The molecule has 2 N–H and O–H groups in total. The maximum absolute atomic E-state index is 12.7. The number of rotatable bonds is 1. The number of carbonyl (C=O) groups is 2. The van der Waals surface area contributed by atoms with E-state index in [1.54, 1.807) is 0 Å². The molecule has 0 aromatic carbocycles. The standard InChI is InChI=1S/C12H17F3N2O4/c13-12(14,15)7-2-1-3-16(5-7)11(21)17-6-8(18)4-9(17)10(19)20/h7-9,18H,1-6H2,(H,19,20)/t7?,8?,9-/m0/s1. The predicted octanol–water partition coefficient (Wildman–Crippen LogP) is 0.900. The van der Waals surface area contributed by atoms with Crippen LogP contribution in [0.5, 0.6) is 0 Å². The average Bonchev–Trinajstić information content (AvgIpc) is 2.79. The second-order valence-corrected chi connectivity index (χ2v) is 5.51. The Hall–Kier alpha value is -1.51. The number of nitrogens with zero attached hydrogens (tertiary/aromatic N) is 2. The van der Waals surface area contributed by atoms with E-state index in [1.165, 1.54) is 0 Å². The molecule has 2 heterocycles. The molecule has 2 aliphatic rings. The van der Waals surface area contributed by atoms with Gasteiger partial charge in [-0.2, -0.15) is 13.2 Å². The van der Waals surface area contributed by atoms with E-state index < -0.39 is 42.8 Å². The average molecular weight is 310 g/mol. The van der Waals surface area contributed by atoms with Gasteiger partial charge >= 0.3 is 18.2 Å². The fourth-order valence-electron chi connectivity index (χ4n) is 2.86. The summed E-state index contributed by atoms with van der Waals surface area (Å²) in [5.41, 5.74) is 0. The highest BCUT2D eigenvalue weighted by atomic mass is 19.4. The van der Waals surface area contributed by atoms with E-state index in [4.69, 9.17) is 5.11 Å². The van der Waals surface area contributed by atoms with Gasteiger partial charge in [0.25, 0.3) is 0 Å². The fraction of sp³-hybridized carbons (Fsp3) is 0.833. The first-order chi connectivity index (χ1) is 9.70. The van der Waals surface area contributed by atoms with Crippen LogP contribution in [0, 0.1) is 5.92 Å². The highest BCUT2D eigenvalue weighted by molar-refractivity contribution is 5.83. The number of carbonyl (C=O) groups excluding carboxylic acids is 1. The molecule has 6 nitrogen and oxygen atoms in total. The molecule has 0 saturated carbocycles. The SMILES string of the molecule is O=C(O)[C@@H]1CC(O)CN1C(=O)N1CCCC(C(F)(F)F)C1. The van der Waals surface area contributed by atoms with Gasteiger partial charge in [-0.15, -0.1) is 0 Å². The van der Waals surface area contributed by atoms with Crippen LogP contribution in [0.2, 0.25) is 0 Å². The van der Waals surface area contributed by atoms with E-state index in [0.29, 0.717) is 0 Å². The van der Waals surface area contributed by atoms with Crippen LogP contribution in [-0.4, -0.2) is 70.0 Å². The first kappa shape index (κ1) is 15.9. The lowest BCUT2D eigenvalue weighted by Crippen LogP contribution is -2.52. The van der Waals surface area contributed by atoms with Crippen LogP contribution in [0.15, 0.2) is 0 Å². The zero-order valence-corrected chi connectivity index (χ0v) is 11.2. The van der Waals surface area contributed by atoms with Gasteiger partial charge in [-0.3, -0.25) is 0 Å². The Labute approximate surface area is 119 Å². The number of alkyl halides is 3. The molecule has 2 amide bonds. The second-order valence-electron chi connectivity index (χ2n) is 5.51. The maximum atomic E-state index is 12.7. The molecular weight excluding hydrogens is 293 g/mol. The van der Waals surface area contributed by atoms with Crippen molar-refractivity contribution in [3.05, 3.63) is 0 Å². The Balaban J connectivity index is 2.07. The van der Waals surface area contributed by atoms with E-state index in [-0.39, 0.29) is 32.4 Å². The van der Waals surface area contributed by atoms with Crippen LogP contribution < -0.4 is 0 Å². The molecule has 120 valence electrons. The fourth-order valence-corrected chi connectivity index (χ4v) is 2.86. The molecule has 3 atom stereocenters. The summed E-state index contributed by atoms with van der Waals surface area (Å²) >= 11 is 0. The number of hydrogen-bond acceptors (Lipinski definition) is 3. The zero-order chi connectivity index (χ0) is 15.8. The van der Waals surface area contributed by atoms with Gasteiger partial charge in [0.15, 0.2) is 0 Å². The van der Waals surface area contributed by atoms with Crippen molar-refractivity contribution in [3.63, 3.8) is 0 Å². The molecule has 0 aliphatic carbocycles. The van der Waals surface area contributed by atoms with Gasteiger partial charge < -0.3 is 20.0 Å². The largest absolute Gasteiger partial charge is 0.480 e. The Morgan fingerprint density at radius 2 is 1.86 bits per heavy atom. The van der Waals surface area contributed by atoms with Crippen molar-refractivity contribution < 1.29 is 33.0 Å². The third-order valence-electron chi connectivity index (χ3n) is 3.96. The lowest BCUT2D eigenvalue weighted by molar-refractivity contribution is -0.184. The summed E-state index contributed by atoms with van der Waals surface area (Å²) in [5.74, 6) is -2.84. The van der Waals surface area contributed by atoms with Crippen LogP contribution in [-0.2, 0) is 4.79 Å². The Bertz CT molecular complexity index is 429. The first-order valence-electron chi connectivity index (χ1n) is 6.73. The number of hydrogen-bond donors (Lipinski definition) is 2. The number of aliphatic hydroxyl groups is 1. The third kappa shape index (κ3) is 3.39. The predicted molar refractivity (Wildman–Crippen MR) is 64.5 cm³/mol. The normalized spacial score (nSPS) is 30.6. The number of carboxylic acid groups (broad SMARTS) is 1. The van der Waals surface area contributed by atoms with E-state index in [0.717, 1.165) is 9.80 Å². The van der Waals surface area contributed by atoms with Crippen LogP contribution in [0.25, 0.3) is 0 Å². The van der Waals surface area contributed by atoms with Crippen molar-refractivity contribution in [3.8, 4) is 0 Å². The molecule has 2 unspecified atom stereocenters. The second kappa shape index (κ2) is 5.70. The van der Waals surface area contributed by atoms with Crippen molar-refractivity contribution in [1.29, 1.82) is 0 Å². The molecular formula is C12H17F3N2O4. The van der Waals surface area contributed by atoms with E-state index >= 15 is 0 Å². The van der Waals surface area contributed by atoms with Crippen LogP contribution in [0.3, 0.4) is 0 Å². The lowest BCUT2D eigenvalue weighted by atomic mass is 9.98. The van der Waals surface area contributed by atoms with Crippen LogP contribution in [0.4, 0.5) is 18.0 Å².